The quantitative estimate of drug-likeness (QED) is 0.729. The molecule has 0 spiro atoms. The molecule has 0 saturated heterocycles. The third-order valence-electron chi connectivity index (χ3n) is 2.56. The minimum Gasteiger partial charge on any atom is -0.383 e. The molecule has 2 rings (SSSR count). The Labute approximate surface area is 94.9 Å². The molecule has 1 heterocycles. The first-order valence-corrected chi connectivity index (χ1v) is 5.26. The summed E-state index contributed by atoms with van der Waals surface area (Å²) in [5.41, 5.74) is 7.14. The van der Waals surface area contributed by atoms with E-state index in [1.54, 1.807) is 0 Å². The van der Waals surface area contributed by atoms with Gasteiger partial charge in [0.25, 0.3) is 0 Å². The third-order valence-corrected chi connectivity index (χ3v) is 2.56. The molecule has 1 aromatic heterocycles. The first-order chi connectivity index (χ1) is 7.74. The lowest BCUT2D eigenvalue weighted by atomic mass is 10.1. The van der Waals surface area contributed by atoms with Crippen molar-refractivity contribution in [3.05, 3.63) is 29.8 Å². The molecule has 0 aliphatic heterocycles. The molecule has 0 unspecified atom stereocenters. The van der Waals surface area contributed by atoms with Crippen molar-refractivity contribution < 1.29 is 0 Å². The highest BCUT2D eigenvalue weighted by molar-refractivity contribution is 5.93. The molecule has 1 aromatic carbocycles. The number of nitrogens with one attached hydrogen (secondary N) is 2. The van der Waals surface area contributed by atoms with Gasteiger partial charge >= 0.3 is 0 Å². The van der Waals surface area contributed by atoms with E-state index in [4.69, 9.17) is 5.73 Å². The van der Waals surface area contributed by atoms with E-state index in [2.05, 4.69) is 33.8 Å². The van der Waals surface area contributed by atoms with Crippen molar-refractivity contribution in [3.8, 4) is 0 Å². The zero-order valence-electron chi connectivity index (χ0n) is 9.54. The number of nitrogens with zero attached hydrogens (tertiary/aromatic N) is 1. The first kappa shape index (κ1) is 10.7. The predicted octanol–water partition coefficient (Wildman–Crippen LogP) is 1.58. The lowest BCUT2D eigenvalue weighted by Crippen LogP contribution is -2.05. The van der Waals surface area contributed by atoms with Gasteiger partial charge in [-0.1, -0.05) is 12.1 Å². The molecule has 2 aromatic rings. The van der Waals surface area contributed by atoms with Crippen molar-refractivity contribution in [3.63, 3.8) is 0 Å². The summed E-state index contributed by atoms with van der Waals surface area (Å²) in [7, 11) is 3.76. The van der Waals surface area contributed by atoms with Crippen LogP contribution in [0.15, 0.2) is 24.3 Å². The van der Waals surface area contributed by atoms with Crippen LogP contribution in [-0.4, -0.2) is 19.1 Å². The summed E-state index contributed by atoms with van der Waals surface area (Å²) in [5, 5.41) is 8.23. The van der Waals surface area contributed by atoms with Gasteiger partial charge in [0.05, 0.1) is 0 Å². The van der Waals surface area contributed by atoms with Gasteiger partial charge in [0.2, 0.25) is 0 Å². The Kier molecular flexibility index (Phi) is 2.92. The molecule has 16 heavy (non-hydrogen) atoms. The number of fused-ring (bicyclic) bond motifs is 1. The average molecular weight is 216 g/mol. The predicted molar refractivity (Wildman–Crippen MR) is 68.5 cm³/mol. The van der Waals surface area contributed by atoms with Crippen molar-refractivity contribution in [2.45, 2.75) is 6.54 Å². The number of hydrogen-bond acceptors (Lipinski definition) is 4. The number of anilines is 2. The Morgan fingerprint density at radius 3 is 2.75 bits per heavy atom. The van der Waals surface area contributed by atoms with E-state index in [0.717, 1.165) is 23.1 Å². The second kappa shape index (κ2) is 4.37. The molecule has 0 atom stereocenters. The van der Waals surface area contributed by atoms with Crippen LogP contribution in [0, 0.1) is 0 Å². The summed E-state index contributed by atoms with van der Waals surface area (Å²) >= 11 is 0. The summed E-state index contributed by atoms with van der Waals surface area (Å²) in [6.45, 7) is 0.836. The monoisotopic (exact) mass is 216 g/mol. The smallest absolute Gasteiger partial charge is 0.133 e. The van der Waals surface area contributed by atoms with E-state index < -0.39 is 0 Å². The van der Waals surface area contributed by atoms with Gasteiger partial charge in [-0.3, -0.25) is 0 Å². The second-order valence-electron chi connectivity index (χ2n) is 3.73. The molecular formula is C12H16N4. The number of rotatable bonds is 3. The third kappa shape index (κ3) is 1.92. The highest BCUT2D eigenvalue weighted by Gasteiger charge is 2.03. The molecule has 0 radical (unpaired) electrons. The van der Waals surface area contributed by atoms with Crippen molar-refractivity contribution in [1.29, 1.82) is 0 Å². The Morgan fingerprint density at radius 2 is 2.06 bits per heavy atom. The topological polar surface area (TPSA) is 63.0 Å². The number of benzene rings is 1. The normalized spacial score (nSPS) is 10.6. The van der Waals surface area contributed by atoms with E-state index in [0.29, 0.717) is 5.82 Å². The second-order valence-corrected chi connectivity index (χ2v) is 3.73. The van der Waals surface area contributed by atoms with Gasteiger partial charge in [0, 0.05) is 19.0 Å². The van der Waals surface area contributed by atoms with Gasteiger partial charge in [-0.05, 0) is 30.1 Å². The maximum Gasteiger partial charge on any atom is 0.133 e. The molecule has 4 nitrogen and oxygen atoms in total. The van der Waals surface area contributed by atoms with Crippen LogP contribution in [0.3, 0.4) is 0 Å². The zero-order valence-corrected chi connectivity index (χ0v) is 9.54. The number of nitrogens with two attached hydrogens (primary N) is 1. The van der Waals surface area contributed by atoms with Gasteiger partial charge in [-0.2, -0.15) is 0 Å². The molecule has 4 heteroatoms. The lowest BCUT2D eigenvalue weighted by molar-refractivity contribution is 0.819. The van der Waals surface area contributed by atoms with Crippen LogP contribution in [0.2, 0.25) is 0 Å². The van der Waals surface area contributed by atoms with Crippen LogP contribution >= 0.6 is 0 Å². The Morgan fingerprint density at radius 1 is 1.25 bits per heavy atom. The summed E-state index contributed by atoms with van der Waals surface area (Å²) in [4.78, 5) is 4.27. The first-order valence-electron chi connectivity index (χ1n) is 5.26. The number of pyridine rings is 1. The molecule has 0 aliphatic rings. The van der Waals surface area contributed by atoms with Gasteiger partial charge < -0.3 is 16.4 Å². The van der Waals surface area contributed by atoms with Gasteiger partial charge in [0.15, 0.2) is 0 Å². The Bertz CT molecular complexity index is 508. The summed E-state index contributed by atoms with van der Waals surface area (Å²) in [6, 6.07) is 8.24. The van der Waals surface area contributed by atoms with E-state index in [1.165, 1.54) is 5.56 Å². The standard InChI is InChI=1S/C12H16N4/c1-14-7-8-3-4-9-6-11(15-2)16-12(13)10(9)5-8/h3-6,14H,7H2,1-2H3,(H3,13,15,16). The zero-order chi connectivity index (χ0) is 11.5. The highest BCUT2D eigenvalue weighted by atomic mass is 15.0. The SMILES string of the molecule is CNCc1ccc2cc(NC)nc(N)c2c1. The fraction of sp³-hybridized carbons (Fsp3) is 0.250. The maximum absolute atomic E-state index is 5.93. The molecule has 0 fully saturated rings. The summed E-state index contributed by atoms with van der Waals surface area (Å²) in [6.07, 6.45) is 0. The fourth-order valence-corrected chi connectivity index (χ4v) is 1.76. The van der Waals surface area contributed by atoms with Crippen LogP contribution in [0.5, 0.6) is 0 Å². The Balaban J connectivity index is 2.56. The largest absolute Gasteiger partial charge is 0.383 e. The number of aromatic nitrogens is 1. The van der Waals surface area contributed by atoms with E-state index in [1.807, 2.05) is 20.2 Å². The van der Waals surface area contributed by atoms with Crippen LogP contribution < -0.4 is 16.4 Å². The highest BCUT2D eigenvalue weighted by Crippen LogP contribution is 2.23. The van der Waals surface area contributed by atoms with E-state index in [-0.39, 0.29) is 0 Å². The number of nitrogen functional groups attached to an aromatic ring is 1. The molecule has 84 valence electrons. The Hall–Kier alpha value is -1.81. The van der Waals surface area contributed by atoms with Crippen molar-refractivity contribution in [1.82, 2.24) is 10.3 Å². The van der Waals surface area contributed by atoms with Gasteiger partial charge in [-0.15, -0.1) is 0 Å². The van der Waals surface area contributed by atoms with Crippen LogP contribution in [0.25, 0.3) is 10.8 Å². The van der Waals surface area contributed by atoms with Crippen LogP contribution in [0.1, 0.15) is 5.56 Å². The summed E-state index contributed by atoms with van der Waals surface area (Å²) in [5.74, 6) is 1.37. The minimum absolute atomic E-state index is 0.569. The lowest BCUT2D eigenvalue weighted by Gasteiger charge is -2.07. The van der Waals surface area contributed by atoms with Crippen LogP contribution in [0.4, 0.5) is 11.6 Å². The summed E-state index contributed by atoms with van der Waals surface area (Å²) < 4.78 is 0. The van der Waals surface area contributed by atoms with Crippen molar-refractivity contribution in [2.24, 2.45) is 0 Å². The van der Waals surface area contributed by atoms with Gasteiger partial charge in [0.1, 0.15) is 11.6 Å². The average Bonchev–Trinajstić information content (AvgIpc) is 2.30. The molecule has 4 N–H and O–H groups in total. The van der Waals surface area contributed by atoms with E-state index in [9.17, 15) is 0 Å². The molecule has 0 saturated carbocycles. The number of hydrogen-bond donors (Lipinski definition) is 3. The minimum atomic E-state index is 0.569. The molecule has 0 aliphatic carbocycles. The molecule has 0 amide bonds. The van der Waals surface area contributed by atoms with Crippen molar-refractivity contribution >= 4 is 22.4 Å². The molecule has 0 bridgehead atoms. The van der Waals surface area contributed by atoms with Crippen molar-refractivity contribution in [2.75, 3.05) is 25.1 Å². The fourth-order valence-electron chi connectivity index (χ4n) is 1.76. The molecular weight excluding hydrogens is 200 g/mol. The van der Waals surface area contributed by atoms with E-state index >= 15 is 0 Å². The van der Waals surface area contributed by atoms with Gasteiger partial charge in [-0.25, -0.2) is 4.98 Å². The van der Waals surface area contributed by atoms with Crippen LogP contribution in [-0.2, 0) is 6.54 Å². The maximum atomic E-state index is 5.93.